The number of aromatic carboxylic acids is 1. The largest absolute Gasteiger partial charge is 0.489 e. The van der Waals surface area contributed by atoms with E-state index in [1.54, 1.807) is 18.2 Å². The zero-order valence-corrected chi connectivity index (χ0v) is 12.8. The van der Waals surface area contributed by atoms with Crippen LogP contribution >= 0.6 is 15.9 Å². The highest BCUT2D eigenvalue weighted by Gasteiger charge is 2.26. The van der Waals surface area contributed by atoms with Gasteiger partial charge in [0.05, 0.1) is 16.1 Å². The van der Waals surface area contributed by atoms with Crippen LogP contribution in [-0.2, 0) is 0 Å². The molecule has 0 spiro atoms. The van der Waals surface area contributed by atoms with E-state index in [0.29, 0.717) is 10.4 Å². The number of carboxylic acid groups (broad SMARTS) is 1. The van der Waals surface area contributed by atoms with E-state index < -0.39 is 5.97 Å². The van der Waals surface area contributed by atoms with Gasteiger partial charge in [0.15, 0.2) is 0 Å². The van der Waals surface area contributed by atoms with Crippen molar-refractivity contribution < 1.29 is 14.6 Å². The van der Waals surface area contributed by atoms with Crippen LogP contribution in [-0.4, -0.2) is 17.2 Å². The maximum absolute atomic E-state index is 10.9. The summed E-state index contributed by atoms with van der Waals surface area (Å²) in [6.45, 7) is 4.56. The third-order valence-corrected chi connectivity index (χ3v) is 4.64. The summed E-state index contributed by atoms with van der Waals surface area (Å²) in [6.07, 6.45) is 3.56. The molecule has 19 heavy (non-hydrogen) atoms. The van der Waals surface area contributed by atoms with E-state index in [9.17, 15) is 4.79 Å². The second-order valence-corrected chi connectivity index (χ2v) is 6.31. The fourth-order valence-electron chi connectivity index (χ4n) is 2.51. The van der Waals surface area contributed by atoms with Gasteiger partial charge in [-0.05, 0) is 65.2 Å². The molecule has 1 aromatic carbocycles. The van der Waals surface area contributed by atoms with E-state index in [4.69, 9.17) is 9.84 Å². The molecule has 0 saturated heterocycles. The maximum Gasteiger partial charge on any atom is 0.335 e. The van der Waals surface area contributed by atoms with E-state index in [1.807, 2.05) is 0 Å². The van der Waals surface area contributed by atoms with Crippen LogP contribution in [0.25, 0.3) is 0 Å². The van der Waals surface area contributed by atoms with Gasteiger partial charge in [0.1, 0.15) is 5.75 Å². The van der Waals surface area contributed by atoms with Crippen molar-refractivity contribution in [3.05, 3.63) is 28.2 Å². The van der Waals surface area contributed by atoms with Gasteiger partial charge in [-0.2, -0.15) is 0 Å². The first-order valence-electron chi connectivity index (χ1n) is 6.67. The summed E-state index contributed by atoms with van der Waals surface area (Å²) < 4.78 is 6.71. The predicted octanol–water partition coefficient (Wildman–Crippen LogP) is 4.35. The van der Waals surface area contributed by atoms with Crippen LogP contribution < -0.4 is 4.74 Å². The Kier molecular flexibility index (Phi) is 4.50. The Morgan fingerprint density at radius 3 is 2.63 bits per heavy atom. The number of carboxylic acids is 1. The highest BCUT2D eigenvalue weighted by atomic mass is 79.9. The van der Waals surface area contributed by atoms with Crippen LogP contribution in [0.3, 0.4) is 0 Å². The summed E-state index contributed by atoms with van der Waals surface area (Å²) in [4.78, 5) is 10.9. The minimum atomic E-state index is -0.924. The van der Waals surface area contributed by atoms with Crippen molar-refractivity contribution in [3.8, 4) is 5.75 Å². The highest BCUT2D eigenvalue weighted by Crippen LogP contribution is 2.34. The molecule has 0 amide bonds. The van der Waals surface area contributed by atoms with Gasteiger partial charge in [0.25, 0.3) is 0 Å². The van der Waals surface area contributed by atoms with Crippen molar-refractivity contribution in [2.75, 3.05) is 0 Å². The molecule has 3 atom stereocenters. The normalized spacial score (nSPS) is 27.0. The molecule has 0 aliphatic heterocycles. The third-order valence-electron chi connectivity index (χ3n) is 4.02. The van der Waals surface area contributed by atoms with Crippen LogP contribution in [0, 0.1) is 11.8 Å². The number of hydrogen-bond donors (Lipinski definition) is 1. The van der Waals surface area contributed by atoms with Crippen LogP contribution in [0.2, 0.25) is 0 Å². The monoisotopic (exact) mass is 326 g/mol. The molecule has 0 bridgehead atoms. The number of rotatable bonds is 3. The molecule has 2 rings (SSSR count). The van der Waals surface area contributed by atoms with E-state index >= 15 is 0 Å². The molecule has 1 saturated carbocycles. The molecule has 1 N–H and O–H groups in total. The molecule has 3 unspecified atom stereocenters. The van der Waals surface area contributed by atoms with Crippen LogP contribution in [0.15, 0.2) is 22.7 Å². The van der Waals surface area contributed by atoms with E-state index in [1.165, 1.54) is 6.42 Å². The lowest BCUT2D eigenvalue weighted by molar-refractivity contribution is 0.0696. The van der Waals surface area contributed by atoms with Crippen molar-refractivity contribution in [2.45, 2.75) is 39.2 Å². The lowest BCUT2D eigenvalue weighted by atomic mass is 9.80. The Morgan fingerprint density at radius 2 is 2.05 bits per heavy atom. The van der Waals surface area contributed by atoms with Crippen molar-refractivity contribution in [1.29, 1.82) is 0 Å². The SMILES string of the molecule is CC1CCC(Oc2ccc(C(=O)O)cc2Br)CC1C. The minimum absolute atomic E-state index is 0.234. The number of halogens is 1. The Morgan fingerprint density at radius 1 is 1.32 bits per heavy atom. The van der Waals surface area contributed by atoms with Crippen molar-refractivity contribution in [2.24, 2.45) is 11.8 Å². The summed E-state index contributed by atoms with van der Waals surface area (Å²) in [6, 6.07) is 4.90. The first-order valence-corrected chi connectivity index (χ1v) is 7.46. The van der Waals surface area contributed by atoms with E-state index in [-0.39, 0.29) is 11.7 Å². The molecule has 0 radical (unpaired) electrons. The van der Waals surface area contributed by atoms with Crippen LogP contribution in [0.1, 0.15) is 43.5 Å². The van der Waals surface area contributed by atoms with Crippen molar-refractivity contribution in [3.63, 3.8) is 0 Å². The van der Waals surface area contributed by atoms with Crippen LogP contribution in [0.4, 0.5) is 0 Å². The first kappa shape index (κ1) is 14.4. The van der Waals surface area contributed by atoms with E-state index in [2.05, 4.69) is 29.8 Å². The van der Waals surface area contributed by atoms with Gasteiger partial charge in [-0.3, -0.25) is 0 Å². The molecule has 3 nitrogen and oxygen atoms in total. The lowest BCUT2D eigenvalue weighted by Gasteiger charge is -2.32. The molecule has 1 aliphatic carbocycles. The van der Waals surface area contributed by atoms with Gasteiger partial charge in [0.2, 0.25) is 0 Å². The fourth-order valence-corrected chi connectivity index (χ4v) is 2.99. The van der Waals surface area contributed by atoms with Gasteiger partial charge in [0, 0.05) is 0 Å². The molecular weight excluding hydrogens is 308 g/mol. The van der Waals surface area contributed by atoms with E-state index in [0.717, 1.165) is 24.5 Å². The quantitative estimate of drug-likeness (QED) is 0.898. The van der Waals surface area contributed by atoms with Crippen molar-refractivity contribution in [1.82, 2.24) is 0 Å². The second kappa shape index (κ2) is 5.95. The molecule has 104 valence electrons. The average Bonchev–Trinajstić information content (AvgIpc) is 2.36. The summed E-state index contributed by atoms with van der Waals surface area (Å²) in [5, 5.41) is 8.92. The summed E-state index contributed by atoms with van der Waals surface area (Å²) >= 11 is 3.38. The zero-order valence-electron chi connectivity index (χ0n) is 11.2. The maximum atomic E-state index is 10.9. The molecule has 0 aromatic heterocycles. The molecule has 4 heteroatoms. The predicted molar refractivity (Wildman–Crippen MR) is 77.7 cm³/mol. The standard InChI is InChI=1S/C15H19BrO3/c1-9-3-5-12(7-10(9)2)19-14-6-4-11(15(17)18)8-13(14)16/h4,6,8-10,12H,3,5,7H2,1-2H3,(H,17,18). The molecule has 1 fully saturated rings. The first-order chi connectivity index (χ1) is 8.97. The summed E-state index contributed by atoms with van der Waals surface area (Å²) in [5.74, 6) is 1.25. The van der Waals surface area contributed by atoms with Gasteiger partial charge < -0.3 is 9.84 Å². The van der Waals surface area contributed by atoms with Crippen LogP contribution in [0.5, 0.6) is 5.75 Å². The average molecular weight is 327 g/mol. The summed E-state index contributed by atoms with van der Waals surface area (Å²) in [7, 11) is 0. The minimum Gasteiger partial charge on any atom is -0.489 e. The van der Waals surface area contributed by atoms with Gasteiger partial charge in [-0.1, -0.05) is 13.8 Å². The third kappa shape index (κ3) is 3.50. The van der Waals surface area contributed by atoms with Gasteiger partial charge >= 0.3 is 5.97 Å². The number of carbonyl (C=O) groups is 1. The van der Waals surface area contributed by atoms with Crippen molar-refractivity contribution >= 4 is 21.9 Å². The number of benzene rings is 1. The number of hydrogen-bond acceptors (Lipinski definition) is 2. The Bertz CT molecular complexity index is 472. The fraction of sp³-hybridized carbons (Fsp3) is 0.533. The van der Waals surface area contributed by atoms with Gasteiger partial charge in [-0.15, -0.1) is 0 Å². The Hall–Kier alpha value is -1.03. The smallest absolute Gasteiger partial charge is 0.335 e. The molecule has 0 heterocycles. The van der Waals surface area contributed by atoms with Gasteiger partial charge in [-0.25, -0.2) is 4.79 Å². The Balaban J connectivity index is 2.05. The topological polar surface area (TPSA) is 46.5 Å². The lowest BCUT2D eigenvalue weighted by Crippen LogP contribution is -2.28. The molecule has 1 aliphatic rings. The highest BCUT2D eigenvalue weighted by molar-refractivity contribution is 9.10. The number of ether oxygens (including phenoxy) is 1. The molecular formula is C15H19BrO3. The Labute approximate surface area is 122 Å². The summed E-state index contributed by atoms with van der Waals surface area (Å²) in [5.41, 5.74) is 0.268. The second-order valence-electron chi connectivity index (χ2n) is 5.46. The zero-order chi connectivity index (χ0) is 14.0. The molecule has 1 aromatic rings.